The number of methoxy groups -OCH3 is 1. The second-order valence-electron chi connectivity index (χ2n) is 6.39. The number of benzene rings is 3. The zero-order valence-corrected chi connectivity index (χ0v) is 13.9. The fraction of sp³-hybridized carbons (Fsp3) is 0.190. The standard InChI is InChI=1S/C21H19NO3/c1-25-14-10-8-13(9-11-14)17-12-18(17)21(24)22-19-6-2-5-16-15(19)4-3-7-20(16)23/h2-11,17-18,23H,12H2,1H3,(H,22,24). The van der Waals surface area contributed by atoms with Crippen LogP contribution in [-0.4, -0.2) is 18.1 Å². The van der Waals surface area contributed by atoms with E-state index in [2.05, 4.69) is 5.32 Å². The van der Waals surface area contributed by atoms with E-state index in [1.54, 1.807) is 19.2 Å². The van der Waals surface area contributed by atoms with E-state index >= 15 is 0 Å². The molecule has 3 aromatic carbocycles. The number of fused-ring (bicyclic) bond motifs is 1. The average Bonchev–Trinajstić information content (AvgIpc) is 3.44. The van der Waals surface area contributed by atoms with Gasteiger partial charge in [0, 0.05) is 22.4 Å². The molecule has 0 spiro atoms. The molecule has 4 nitrogen and oxygen atoms in total. The number of nitrogens with one attached hydrogen (secondary N) is 1. The Morgan fingerprint density at radius 3 is 2.52 bits per heavy atom. The van der Waals surface area contributed by atoms with E-state index in [1.165, 1.54) is 0 Å². The minimum atomic E-state index is -0.0130. The number of hydrogen-bond donors (Lipinski definition) is 2. The highest BCUT2D eigenvalue weighted by atomic mass is 16.5. The van der Waals surface area contributed by atoms with Crippen molar-refractivity contribution in [1.82, 2.24) is 0 Å². The van der Waals surface area contributed by atoms with Crippen molar-refractivity contribution >= 4 is 22.4 Å². The van der Waals surface area contributed by atoms with Crippen LogP contribution >= 0.6 is 0 Å². The summed E-state index contributed by atoms with van der Waals surface area (Å²) in [6.07, 6.45) is 0.855. The summed E-state index contributed by atoms with van der Waals surface area (Å²) in [6, 6.07) is 18.8. The number of anilines is 1. The summed E-state index contributed by atoms with van der Waals surface area (Å²) >= 11 is 0. The van der Waals surface area contributed by atoms with Gasteiger partial charge in [-0.3, -0.25) is 4.79 Å². The lowest BCUT2D eigenvalue weighted by Gasteiger charge is -2.10. The fourth-order valence-electron chi connectivity index (χ4n) is 3.33. The Morgan fingerprint density at radius 2 is 1.76 bits per heavy atom. The summed E-state index contributed by atoms with van der Waals surface area (Å²) in [4.78, 5) is 12.6. The normalized spacial score (nSPS) is 18.8. The summed E-state index contributed by atoms with van der Waals surface area (Å²) in [6.45, 7) is 0. The van der Waals surface area contributed by atoms with E-state index in [9.17, 15) is 9.90 Å². The summed E-state index contributed by atoms with van der Waals surface area (Å²) in [5.41, 5.74) is 1.90. The summed E-state index contributed by atoms with van der Waals surface area (Å²) in [5.74, 6) is 1.31. The zero-order chi connectivity index (χ0) is 17.4. The van der Waals surface area contributed by atoms with Crippen LogP contribution in [0.25, 0.3) is 10.8 Å². The van der Waals surface area contributed by atoms with Gasteiger partial charge in [-0.15, -0.1) is 0 Å². The molecule has 0 radical (unpaired) electrons. The molecule has 1 aliphatic carbocycles. The van der Waals surface area contributed by atoms with Crippen molar-refractivity contribution in [3.05, 3.63) is 66.2 Å². The number of carbonyl (C=O) groups is 1. The highest BCUT2D eigenvalue weighted by Gasteiger charge is 2.44. The highest BCUT2D eigenvalue weighted by molar-refractivity contribution is 6.05. The molecule has 0 aromatic heterocycles. The predicted octanol–water partition coefficient (Wildman–Crippen LogP) is 4.30. The van der Waals surface area contributed by atoms with Gasteiger partial charge in [-0.2, -0.15) is 0 Å². The van der Waals surface area contributed by atoms with Gasteiger partial charge in [-0.1, -0.05) is 36.4 Å². The van der Waals surface area contributed by atoms with Gasteiger partial charge < -0.3 is 15.2 Å². The monoisotopic (exact) mass is 333 g/mol. The lowest BCUT2D eigenvalue weighted by molar-refractivity contribution is -0.117. The van der Waals surface area contributed by atoms with E-state index in [1.807, 2.05) is 48.5 Å². The predicted molar refractivity (Wildman–Crippen MR) is 98.1 cm³/mol. The van der Waals surface area contributed by atoms with Gasteiger partial charge in [0.25, 0.3) is 0 Å². The van der Waals surface area contributed by atoms with E-state index in [0.29, 0.717) is 0 Å². The Morgan fingerprint density at radius 1 is 1.04 bits per heavy atom. The molecule has 0 heterocycles. The molecule has 0 aliphatic heterocycles. The maximum absolute atomic E-state index is 12.6. The molecule has 126 valence electrons. The average molecular weight is 333 g/mol. The molecule has 1 aliphatic rings. The summed E-state index contributed by atoms with van der Waals surface area (Å²) in [5, 5.41) is 14.6. The number of hydrogen-bond acceptors (Lipinski definition) is 3. The second kappa shape index (κ2) is 6.13. The van der Waals surface area contributed by atoms with Gasteiger partial charge in [-0.05, 0) is 42.2 Å². The fourth-order valence-corrected chi connectivity index (χ4v) is 3.33. The Balaban J connectivity index is 1.51. The van der Waals surface area contributed by atoms with Gasteiger partial charge in [0.05, 0.1) is 7.11 Å². The van der Waals surface area contributed by atoms with Crippen LogP contribution in [0.5, 0.6) is 11.5 Å². The van der Waals surface area contributed by atoms with Crippen molar-refractivity contribution in [2.45, 2.75) is 12.3 Å². The van der Waals surface area contributed by atoms with Crippen molar-refractivity contribution < 1.29 is 14.6 Å². The van der Waals surface area contributed by atoms with Gasteiger partial charge in [0.1, 0.15) is 11.5 Å². The minimum Gasteiger partial charge on any atom is -0.507 e. The third kappa shape index (κ3) is 2.91. The molecule has 4 heteroatoms. The van der Waals surface area contributed by atoms with Crippen LogP contribution in [0.1, 0.15) is 17.9 Å². The topological polar surface area (TPSA) is 58.6 Å². The molecular formula is C21H19NO3. The first kappa shape index (κ1) is 15.5. The Labute approximate surface area is 146 Å². The van der Waals surface area contributed by atoms with Crippen molar-refractivity contribution in [3.63, 3.8) is 0 Å². The molecule has 1 fully saturated rings. The molecule has 2 N–H and O–H groups in total. The van der Waals surface area contributed by atoms with Gasteiger partial charge >= 0.3 is 0 Å². The zero-order valence-electron chi connectivity index (χ0n) is 13.9. The van der Waals surface area contributed by atoms with Crippen LogP contribution in [0.4, 0.5) is 5.69 Å². The number of ether oxygens (including phenoxy) is 1. The first-order valence-electron chi connectivity index (χ1n) is 8.33. The molecule has 0 saturated heterocycles. The molecule has 2 atom stereocenters. The molecule has 0 bridgehead atoms. The third-order valence-corrected chi connectivity index (χ3v) is 4.83. The molecule has 3 aromatic rings. The van der Waals surface area contributed by atoms with Crippen LogP contribution in [0, 0.1) is 5.92 Å². The molecule has 25 heavy (non-hydrogen) atoms. The van der Waals surface area contributed by atoms with Crippen LogP contribution in [-0.2, 0) is 4.79 Å². The smallest absolute Gasteiger partial charge is 0.228 e. The number of amides is 1. The Hall–Kier alpha value is -3.01. The first-order chi connectivity index (χ1) is 12.2. The molecule has 2 unspecified atom stereocenters. The SMILES string of the molecule is COc1ccc(C2CC2C(=O)Nc2cccc3c(O)cccc23)cc1. The molecular weight excluding hydrogens is 314 g/mol. The Bertz CT molecular complexity index is 934. The number of carbonyl (C=O) groups excluding carboxylic acids is 1. The number of aromatic hydroxyl groups is 1. The molecule has 1 saturated carbocycles. The molecule has 1 amide bonds. The van der Waals surface area contributed by atoms with Gasteiger partial charge in [-0.25, -0.2) is 0 Å². The quantitative estimate of drug-likeness (QED) is 0.748. The minimum absolute atomic E-state index is 0.0130. The van der Waals surface area contributed by atoms with Crippen molar-refractivity contribution in [2.75, 3.05) is 12.4 Å². The summed E-state index contributed by atoms with van der Waals surface area (Å²) < 4.78 is 5.17. The lowest BCUT2D eigenvalue weighted by atomic mass is 10.1. The number of rotatable bonds is 4. The molecule has 4 rings (SSSR count). The van der Waals surface area contributed by atoms with E-state index in [-0.39, 0.29) is 23.5 Å². The Kier molecular flexibility index (Phi) is 3.80. The summed E-state index contributed by atoms with van der Waals surface area (Å²) in [7, 11) is 1.64. The van der Waals surface area contributed by atoms with E-state index in [4.69, 9.17) is 4.74 Å². The van der Waals surface area contributed by atoms with Gasteiger partial charge in [0.15, 0.2) is 0 Å². The number of phenols is 1. The van der Waals surface area contributed by atoms with Crippen molar-refractivity contribution in [3.8, 4) is 11.5 Å². The van der Waals surface area contributed by atoms with E-state index in [0.717, 1.165) is 34.2 Å². The number of phenolic OH excluding ortho intramolecular Hbond substituents is 1. The lowest BCUT2D eigenvalue weighted by Crippen LogP contribution is -2.14. The largest absolute Gasteiger partial charge is 0.507 e. The highest BCUT2D eigenvalue weighted by Crippen LogP contribution is 2.48. The van der Waals surface area contributed by atoms with Crippen LogP contribution in [0.3, 0.4) is 0 Å². The van der Waals surface area contributed by atoms with Crippen LogP contribution in [0.2, 0.25) is 0 Å². The third-order valence-electron chi connectivity index (χ3n) is 4.83. The van der Waals surface area contributed by atoms with Gasteiger partial charge in [0.2, 0.25) is 5.91 Å². The van der Waals surface area contributed by atoms with Crippen molar-refractivity contribution in [2.24, 2.45) is 5.92 Å². The van der Waals surface area contributed by atoms with Crippen LogP contribution < -0.4 is 10.1 Å². The van der Waals surface area contributed by atoms with E-state index < -0.39 is 0 Å². The van der Waals surface area contributed by atoms with Crippen molar-refractivity contribution in [1.29, 1.82) is 0 Å². The first-order valence-corrected chi connectivity index (χ1v) is 8.33. The van der Waals surface area contributed by atoms with Crippen LogP contribution in [0.15, 0.2) is 60.7 Å². The maximum Gasteiger partial charge on any atom is 0.228 e. The second-order valence-corrected chi connectivity index (χ2v) is 6.39. The maximum atomic E-state index is 12.6.